The summed E-state index contributed by atoms with van der Waals surface area (Å²) in [6, 6.07) is 12.8. The molecule has 132 valence electrons. The first-order valence-electron chi connectivity index (χ1n) is 8.59. The zero-order valence-corrected chi connectivity index (χ0v) is 14.7. The van der Waals surface area contributed by atoms with E-state index < -0.39 is 5.82 Å². The monoisotopic (exact) mass is 343 g/mol. The van der Waals surface area contributed by atoms with Crippen molar-refractivity contribution in [1.82, 2.24) is 4.90 Å². The largest absolute Gasteiger partial charge is 0.494 e. The molecule has 4 nitrogen and oxygen atoms in total. The van der Waals surface area contributed by atoms with Crippen LogP contribution in [0.2, 0.25) is 0 Å². The maximum atomic E-state index is 13.8. The van der Waals surface area contributed by atoms with Crippen molar-refractivity contribution in [1.29, 1.82) is 0 Å². The molecule has 0 radical (unpaired) electrons. The van der Waals surface area contributed by atoms with Crippen LogP contribution in [0.1, 0.15) is 21.5 Å². The molecular weight excluding hydrogens is 319 g/mol. The number of halogens is 1. The Morgan fingerprint density at radius 2 is 1.92 bits per heavy atom. The fourth-order valence-electron chi connectivity index (χ4n) is 3.26. The molecule has 1 amide bonds. The molecule has 0 aromatic heterocycles. The van der Waals surface area contributed by atoms with Crippen LogP contribution in [0.4, 0.5) is 4.39 Å². The number of rotatable bonds is 4. The van der Waals surface area contributed by atoms with Crippen LogP contribution < -0.4 is 9.64 Å². The molecule has 2 aromatic rings. The molecule has 0 spiro atoms. The van der Waals surface area contributed by atoms with Crippen LogP contribution in [0.3, 0.4) is 0 Å². The molecule has 25 heavy (non-hydrogen) atoms. The van der Waals surface area contributed by atoms with Gasteiger partial charge in [-0.25, -0.2) is 4.39 Å². The molecule has 2 aromatic carbocycles. The number of ether oxygens (including phenoxy) is 1. The lowest BCUT2D eigenvalue weighted by molar-refractivity contribution is -0.917. The lowest BCUT2D eigenvalue weighted by atomic mass is 10.1. The van der Waals surface area contributed by atoms with E-state index in [1.165, 1.54) is 35.3 Å². The Balaban J connectivity index is 1.59. The summed E-state index contributed by atoms with van der Waals surface area (Å²) in [6.45, 7) is 6.29. The second kappa shape index (κ2) is 7.66. The van der Waals surface area contributed by atoms with Crippen LogP contribution in [0.5, 0.6) is 5.75 Å². The highest BCUT2D eigenvalue weighted by atomic mass is 19.1. The third-order valence-corrected chi connectivity index (χ3v) is 4.86. The number of hydrogen-bond acceptors (Lipinski definition) is 2. The molecule has 3 rings (SSSR count). The molecule has 0 unspecified atom stereocenters. The predicted octanol–water partition coefficient (Wildman–Crippen LogP) is 1.68. The first-order chi connectivity index (χ1) is 12.1. The summed E-state index contributed by atoms with van der Waals surface area (Å²) < 4.78 is 18.7. The van der Waals surface area contributed by atoms with Gasteiger partial charge in [0.05, 0.1) is 33.3 Å². The van der Waals surface area contributed by atoms with Crippen LogP contribution in [0.25, 0.3) is 0 Å². The third-order valence-electron chi connectivity index (χ3n) is 4.86. The quantitative estimate of drug-likeness (QED) is 0.917. The molecule has 5 heteroatoms. The summed E-state index contributed by atoms with van der Waals surface area (Å²) >= 11 is 0. The number of methoxy groups -OCH3 is 1. The van der Waals surface area contributed by atoms with Gasteiger partial charge in [0, 0.05) is 11.1 Å². The number of benzene rings is 2. The van der Waals surface area contributed by atoms with E-state index in [-0.39, 0.29) is 11.7 Å². The van der Waals surface area contributed by atoms with E-state index in [4.69, 9.17) is 4.74 Å². The summed E-state index contributed by atoms with van der Waals surface area (Å²) in [5.41, 5.74) is 3.04. The third kappa shape index (κ3) is 3.99. The van der Waals surface area contributed by atoms with Gasteiger partial charge in [0.1, 0.15) is 6.54 Å². The van der Waals surface area contributed by atoms with Crippen LogP contribution in [0, 0.1) is 12.7 Å². The van der Waals surface area contributed by atoms with Crippen LogP contribution in [0.15, 0.2) is 42.5 Å². The molecule has 0 saturated carbocycles. The molecule has 1 saturated heterocycles. The van der Waals surface area contributed by atoms with E-state index in [2.05, 4.69) is 31.2 Å². The summed E-state index contributed by atoms with van der Waals surface area (Å²) in [5.74, 6) is -0.460. The summed E-state index contributed by atoms with van der Waals surface area (Å²) in [5, 5.41) is 0. The topological polar surface area (TPSA) is 34.0 Å². The minimum atomic E-state index is -0.503. The number of amides is 1. The van der Waals surface area contributed by atoms with Crippen molar-refractivity contribution in [2.75, 3.05) is 33.3 Å². The number of hydrogen-bond donors (Lipinski definition) is 1. The minimum absolute atomic E-state index is 0.114. The van der Waals surface area contributed by atoms with E-state index in [1.54, 1.807) is 6.07 Å². The molecule has 0 aliphatic carbocycles. The van der Waals surface area contributed by atoms with Crippen molar-refractivity contribution < 1.29 is 18.8 Å². The van der Waals surface area contributed by atoms with Crippen LogP contribution in [-0.4, -0.2) is 44.1 Å². The average Bonchev–Trinajstić information content (AvgIpc) is 2.63. The van der Waals surface area contributed by atoms with Gasteiger partial charge in [0.15, 0.2) is 11.6 Å². The van der Waals surface area contributed by atoms with Gasteiger partial charge in [-0.3, -0.25) is 4.79 Å². The Bertz CT molecular complexity index is 755. The van der Waals surface area contributed by atoms with Crippen molar-refractivity contribution in [2.45, 2.75) is 13.5 Å². The number of nitrogens with zero attached hydrogens (tertiary/aromatic N) is 1. The number of piperazine rings is 1. The Kier molecular flexibility index (Phi) is 5.34. The second-order valence-electron chi connectivity index (χ2n) is 6.49. The van der Waals surface area contributed by atoms with Gasteiger partial charge in [-0.2, -0.15) is 0 Å². The molecule has 1 aliphatic rings. The van der Waals surface area contributed by atoms with Gasteiger partial charge >= 0.3 is 0 Å². The highest BCUT2D eigenvalue weighted by molar-refractivity contribution is 5.94. The lowest BCUT2D eigenvalue weighted by Crippen LogP contribution is -3.13. The van der Waals surface area contributed by atoms with E-state index >= 15 is 0 Å². The maximum Gasteiger partial charge on any atom is 0.254 e. The molecule has 1 heterocycles. The van der Waals surface area contributed by atoms with Crippen molar-refractivity contribution in [2.24, 2.45) is 0 Å². The Morgan fingerprint density at radius 1 is 1.20 bits per heavy atom. The van der Waals surface area contributed by atoms with Crippen molar-refractivity contribution in [3.05, 3.63) is 65.0 Å². The molecule has 1 N–H and O–H groups in total. The SMILES string of the molecule is COc1ccc(C(=O)N2CC[NH+](Cc3ccccc3C)CC2)cc1F. The van der Waals surface area contributed by atoms with Crippen LogP contribution in [-0.2, 0) is 6.54 Å². The fraction of sp³-hybridized carbons (Fsp3) is 0.350. The molecular formula is C20H24FN2O2+. The van der Waals surface area contributed by atoms with E-state index in [9.17, 15) is 9.18 Å². The van der Waals surface area contributed by atoms with Gasteiger partial charge in [-0.1, -0.05) is 24.3 Å². The summed E-state index contributed by atoms with van der Waals surface area (Å²) in [6.07, 6.45) is 0. The maximum absolute atomic E-state index is 13.8. The van der Waals surface area contributed by atoms with Crippen LogP contribution >= 0.6 is 0 Å². The molecule has 1 fully saturated rings. The first-order valence-corrected chi connectivity index (χ1v) is 8.59. The molecule has 0 bridgehead atoms. The van der Waals surface area contributed by atoms with Crippen molar-refractivity contribution in [3.8, 4) is 5.75 Å². The molecule has 1 aliphatic heterocycles. The van der Waals surface area contributed by atoms with Gasteiger partial charge in [-0.05, 0) is 30.7 Å². The van der Waals surface area contributed by atoms with E-state index in [0.717, 1.165) is 19.6 Å². The van der Waals surface area contributed by atoms with Crippen molar-refractivity contribution in [3.63, 3.8) is 0 Å². The fourth-order valence-corrected chi connectivity index (χ4v) is 3.26. The number of carbonyl (C=O) groups excluding carboxylic acids is 1. The normalized spacial score (nSPS) is 15.2. The number of aryl methyl sites for hydroxylation is 1. The smallest absolute Gasteiger partial charge is 0.254 e. The Morgan fingerprint density at radius 3 is 2.56 bits per heavy atom. The van der Waals surface area contributed by atoms with Gasteiger partial charge < -0.3 is 14.5 Å². The number of quaternary nitrogens is 1. The van der Waals surface area contributed by atoms with Gasteiger partial charge in [0.2, 0.25) is 0 Å². The summed E-state index contributed by atoms with van der Waals surface area (Å²) in [7, 11) is 1.41. The number of nitrogens with one attached hydrogen (secondary N) is 1. The zero-order valence-electron chi connectivity index (χ0n) is 14.7. The van der Waals surface area contributed by atoms with E-state index in [0.29, 0.717) is 18.7 Å². The van der Waals surface area contributed by atoms with Crippen molar-refractivity contribution >= 4 is 5.91 Å². The van der Waals surface area contributed by atoms with Gasteiger partial charge in [-0.15, -0.1) is 0 Å². The Hall–Kier alpha value is -2.40. The average molecular weight is 343 g/mol. The summed E-state index contributed by atoms with van der Waals surface area (Å²) in [4.78, 5) is 15.9. The minimum Gasteiger partial charge on any atom is -0.494 e. The molecule has 0 atom stereocenters. The standard InChI is InChI=1S/C20H23FN2O2/c1-15-5-3-4-6-17(15)14-22-9-11-23(12-10-22)20(24)16-7-8-19(25-2)18(21)13-16/h3-8,13H,9-12,14H2,1-2H3/p+1. The lowest BCUT2D eigenvalue weighted by Gasteiger charge is -2.32. The highest BCUT2D eigenvalue weighted by Crippen LogP contribution is 2.18. The first kappa shape index (κ1) is 17.4. The highest BCUT2D eigenvalue weighted by Gasteiger charge is 2.25. The Labute approximate surface area is 147 Å². The van der Waals surface area contributed by atoms with E-state index in [1.807, 2.05) is 4.90 Å². The second-order valence-corrected chi connectivity index (χ2v) is 6.49. The predicted molar refractivity (Wildman–Crippen MR) is 94.4 cm³/mol. The zero-order chi connectivity index (χ0) is 17.8. The number of carbonyl (C=O) groups is 1. The van der Waals surface area contributed by atoms with Gasteiger partial charge in [0.25, 0.3) is 5.91 Å².